The predicted molar refractivity (Wildman–Crippen MR) is 78.9 cm³/mol. The summed E-state index contributed by atoms with van der Waals surface area (Å²) < 4.78 is 157. The van der Waals surface area contributed by atoms with Gasteiger partial charge >= 0.3 is 33.4 Å². The Labute approximate surface area is 155 Å². The summed E-state index contributed by atoms with van der Waals surface area (Å²) in [6.07, 6.45) is -9.53. The van der Waals surface area contributed by atoms with Crippen molar-refractivity contribution in [3.63, 3.8) is 0 Å². The second-order valence-corrected chi connectivity index (χ2v) is 7.75. The summed E-state index contributed by atoms with van der Waals surface area (Å²) in [6, 6.07) is 0. The lowest BCUT2D eigenvalue weighted by atomic mass is 10.00. The molecule has 0 aliphatic rings. The number of hydrogen-bond donors (Lipinski definition) is 1. The van der Waals surface area contributed by atoms with E-state index in [9.17, 15) is 52.3 Å². The number of halogens is 10. The van der Waals surface area contributed by atoms with Crippen molar-refractivity contribution in [3.05, 3.63) is 0 Å². The summed E-state index contributed by atoms with van der Waals surface area (Å²) in [5.74, 6) is -12.8. The van der Waals surface area contributed by atoms with Crippen molar-refractivity contribution < 1.29 is 56.9 Å². The molecular formula is C14H20F10O3S. The molecule has 0 bridgehead atoms. The molecule has 1 N–H and O–H groups in total. The zero-order chi connectivity index (χ0) is 22.4. The smallest absolute Gasteiger partial charge is 0.281 e. The van der Waals surface area contributed by atoms with Gasteiger partial charge in [-0.15, -0.1) is 0 Å². The van der Waals surface area contributed by atoms with Gasteiger partial charge < -0.3 is 0 Å². The van der Waals surface area contributed by atoms with E-state index in [-0.39, 0.29) is 25.7 Å². The van der Waals surface area contributed by atoms with Crippen LogP contribution >= 0.6 is 0 Å². The van der Waals surface area contributed by atoms with Crippen molar-refractivity contribution in [2.45, 2.75) is 87.2 Å². The monoisotopic (exact) mass is 458 g/mol. The molecular weight excluding hydrogens is 438 g/mol. The Bertz CT molecular complexity index is 574. The molecule has 0 fully saturated rings. The van der Waals surface area contributed by atoms with Crippen molar-refractivity contribution in [2.24, 2.45) is 0 Å². The Hall–Kier alpha value is -0.790. The third kappa shape index (κ3) is 7.23. The van der Waals surface area contributed by atoms with Gasteiger partial charge in [-0.2, -0.15) is 47.9 Å². The normalized spacial score (nSPS) is 15.7. The zero-order valence-corrected chi connectivity index (χ0v) is 15.2. The molecule has 0 aliphatic heterocycles. The molecule has 0 saturated heterocycles. The molecule has 0 aliphatic carbocycles. The van der Waals surface area contributed by atoms with E-state index >= 15 is 0 Å². The van der Waals surface area contributed by atoms with Crippen LogP contribution in [0.5, 0.6) is 0 Å². The number of unbranched alkanes of at least 4 members (excludes halogenated alkanes) is 6. The van der Waals surface area contributed by atoms with Crippen LogP contribution in [-0.4, -0.2) is 42.4 Å². The van der Waals surface area contributed by atoms with E-state index in [4.69, 9.17) is 4.55 Å². The third-order valence-electron chi connectivity index (χ3n) is 3.92. The van der Waals surface area contributed by atoms with Gasteiger partial charge in [-0.1, -0.05) is 38.5 Å². The molecule has 0 aromatic heterocycles. The van der Waals surface area contributed by atoms with Gasteiger partial charge in [0.2, 0.25) is 0 Å². The molecule has 0 rings (SSSR count). The highest BCUT2D eigenvalue weighted by Crippen LogP contribution is 2.50. The topological polar surface area (TPSA) is 54.4 Å². The quantitative estimate of drug-likeness (QED) is 0.205. The van der Waals surface area contributed by atoms with Gasteiger partial charge in [-0.3, -0.25) is 4.55 Å². The number of rotatable bonds is 13. The Morgan fingerprint density at radius 3 is 1.50 bits per heavy atom. The maximum atomic E-state index is 13.4. The van der Waals surface area contributed by atoms with Crippen molar-refractivity contribution in [1.82, 2.24) is 0 Å². The fourth-order valence-electron chi connectivity index (χ4n) is 2.27. The Balaban J connectivity index is 4.39. The molecule has 170 valence electrons. The standard InChI is InChI=1S/C14H20F10O3S/c15-10(8-6-4-2-1-3-5-7-9-11(16,17)18)12(19,20)13(21,22)14(23,24)28(25,26)27/h10H,1-9H2,(H,25,26,27). The maximum absolute atomic E-state index is 13.4. The average molecular weight is 458 g/mol. The van der Waals surface area contributed by atoms with Crippen molar-refractivity contribution in [1.29, 1.82) is 0 Å². The molecule has 0 aromatic carbocycles. The minimum absolute atomic E-state index is 0.0238. The molecule has 0 aromatic rings. The maximum Gasteiger partial charge on any atom is 0.438 e. The van der Waals surface area contributed by atoms with Crippen molar-refractivity contribution in [2.75, 3.05) is 0 Å². The average Bonchev–Trinajstić information content (AvgIpc) is 2.50. The molecule has 0 radical (unpaired) electrons. The zero-order valence-electron chi connectivity index (χ0n) is 14.4. The summed E-state index contributed by atoms with van der Waals surface area (Å²) >= 11 is 0. The summed E-state index contributed by atoms with van der Waals surface area (Å²) in [5.41, 5.74) is 0. The van der Waals surface area contributed by atoms with E-state index in [2.05, 4.69) is 0 Å². The first-order valence-corrected chi connectivity index (χ1v) is 9.63. The number of hydrogen-bond acceptors (Lipinski definition) is 2. The largest absolute Gasteiger partial charge is 0.438 e. The second kappa shape index (κ2) is 9.81. The van der Waals surface area contributed by atoms with E-state index in [1.807, 2.05) is 0 Å². The summed E-state index contributed by atoms with van der Waals surface area (Å²) in [6.45, 7) is 0. The highest BCUT2D eigenvalue weighted by Gasteiger charge is 2.79. The first-order valence-electron chi connectivity index (χ1n) is 8.19. The molecule has 0 saturated carbocycles. The SMILES string of the molecule is O=S(=O)(O)C(F)(F)C(F)(F)C(F)(F)C(F)CCCCCCCCCC(F)(F)F. The first-order chi connectivity index (χ1) is 12.4. The van der Waals surface area contributed by atoms with Crippen LogP contribution in [0.1, 0.15) is 57.8 Å². The fourth-order valence-corrected chi connectivity index (χ4v) is 2.73. The molecule has 3 nitrogen and oxygen atoms in total. The molecule has 28 heavy (non-hydrogen) atoms. The highest BCUT2D eigenvalue weighted by molar-refractivity contribution is 7.87. The Kier molecular flexibility index (Phi) is 9.53. The molecule has 1 atom stereocenters. The van der Waals surface area contributed by atoms with Gasteiger partial charge in [-0.25, -0.2) is 4.39 Å². The molecule has 1 unspecified atom stereocenters. The van der Waals surface area contributed by atoms with Gasteiger partial charge in [0.1, 0.15) is 0 Å². The van der Waals surface area contributed by atoms with E-state index in [0.717, 1.165) is 0 Å². The highest BCUT2D eigenvalue weighted by atomic mass is 32.2. The van der Waals surface area contributed by atoms with Crippen LogP contribution < -0.4 is 0 Å². The second-order valence-electron chi connectivity index (χ2n) is 6.29. The minimum atomic E-state index is -6.93. The van der Waals surface area contributed by atoms with Crippen LogP contribution in [0.3, 0.4) is 0 Å². The summed E-state index contributed by atoms with van der Waals surface area (Å²) in [7, 11) is -6.93. The van der Waals surface area contributed by atoms with Crippen molar-refractivity contribution in [3.8, 4) is 0 Å². The lowest BCUT2D eigenvalue weighted by molar-refractivity contribution is -0.300. The Morgan fingerprint density at radius 2 is 1.11 bits per heavy atom. The van der Waals surface area contributed by atoms with Crippen LogP contribution in [0.25, 0.3) is 0 Å². The van der Waals surface area contributed by atoms with E-state index in [1.54, 1.807) is 0 Å². The molecule has 0 spiro atoms. The lowest BCUT2D eigenvalue weighted by Crippen LogP contribution is -2.61. The minimum Gasteiger partial charge on any atom is -0.281 e. The molecule has 0 amide bonds. The molecule has 14 heteroatoms. The van der Waals surface area contributed by atoms with E-state index in [1.165, 1.54) is 0 Å². The van der Waals surface area contributed by atoms with Crippen LogP contribution in [0.4, 0.5) is 43.9 Å². The van der Waals surface area contributed by atoms with Gasteiger partial charge in [0.05, 0.1) is 0 Å². The lowest BCUT2D eigenvalue weighted by Gasteiger charge is -2.32. The number of alkyl halides is 10. The summed E-state index contributed by atoms with van der Waals surface area (Å²) in [4.78, 5) is 0. The van der Waals surface area contributed by atoms with Crippen LogP contribution in [0.2, 0.25) is 0 Å². The molecule has 0 heterocycles. The first kappa shape index (κ1) is 27.2. The summed E-state index contributed by atoms with van der Waals surface area (Å²) in [5, 5.41) is -6.59. The van der Waals surface area contributed by atoms with Gasteiger partial charge in [0.25, 0.3) is 0 Å². The van der Waals surface area contributed by atoms with Gasteiger partial charge in [0, 0.05) is 6.42 Å². The van der Waals surface area contributed by atoms with Crippen LogP contribution in [0, 0.1) is 0 Å². The van der Waals surface area contributed by atoms with Crippen molar-refractivity contribution >= 4 is 10.1 Å². The van der Waals surface area contributed by atoms with Gasteiger partial charge in [-0.05, 0) is 12.8 Å². The fraction of sp³-hybridized carbons (Fsp3) is 1.00. The van der Waals surface area contributed by atoms with E-state index in [0.29, 0.717) is 12.8 Å². The van der Waals surface area contributed by atoms with Crippen LogP contribution in [-0.2, 0) is 10.1 Å². The Morgan fingerprint density at radius 1 is 0.714 bits per heavy atom. The predicted octanol–water partition coefficient (Wildman–Crippen LogP) is 6.15. The third-order valence-corrected chi connectivity index (χ3v) is 4.82. The van der Waals surface area contributed by atoms with E-state index < -0.39 is 58.8 Å². The van der Waals surface area contributed by atoms with Crippen LogP contribution in [0.15, 0.2) is 0 Å². The van der Waals surface area contributed by atoms with Gasteiger partial charge in [0.15, 0.2) is 6.17 Å².